The van der Waals surface area contributed by atoms with Gasteiger partial charge in [-0.15, -0.1) is 11.3 Å². The quantitative estimate of drug-likeness (QED) is 0.504. The Morgan fingerprint density at radius 3 is 2.80 bits per heavy atom. The fraction of sp³-hybridized carbons (Fsp3) is 0.318. The van der Waals surface area contributed by atoms with E-state index in [1.807, 2.05) is 30.5 Å². The lowest BCUT2D eigenvalue weighted by molar-refractivity contribution is 0.0468. The largest absolute Gasteiger partial charge is 0.493 e. The zero-order valence-corrected chi connectivity index (χ0v) is 17.7. The second-order valence-corrected chi connectivity index (χ2v) is 7.73. The highest BCUT2D eigenvalue weighted by molar-refractivity contribution is 7.13. The van der Waals surface area contributed by atoms with Gasteiger partial charge in [-0.25, -0.2) is 14.8 Å². The van der Waals surface area contributed by atoms with E-state index in [4.69, 9.17) is 14.2 Å². The predicted molar refractivity (Wildman–Crippen MR) is 115 cm³/mol. The first-order valence-corrected chi connectivity index (χ1v) is 10.7. The predicted octanol–water partition coefficient (Wildman–Crippen LogP) is 4.54. The van der Waals surface area contributed by atoms with Crippen molar-refractivity contribution in [3.05, 3.63) is 53.2 Å². The molecule has 1 aliphatic carbocycles. The zero-order chi connectivity index (χ0) is 20.9. The lowest BCUT2D eigenvalue weighted by Gasteiger charge is -2.09. The Kier molecular flexibility index (Phi) is 6.13. The molecule has 156 valence electrons. The molecule has 0 atom stereocenters. The summed E-state index contributed by atoms with van der Waals surface area (Å²) < 4.78 is 16.3. The summed E-state index contributed by atoms with van der Waals surface area (Å²) in [6.45, 7) is 2.60. The first-order valence-electron chi connectivity index (χ1n) is 9.81. The molecule has 0 unspecified atom stereocenters. The Bertz CT molecular complexity index is 1020. The van der Waals surface area contributed by atoms with Crippen LogP contribution in [0.15, 0.2) is 41.9 Å². The molecular formula is C22H23N3O4S. The fourth-order valence-corrected chi connectivity index (χ4v) is 3.64. The van der Waals surface area contributed by atoms with E-state index >= 15 is 0 Å². The minimum atomic E-state index is -0.419. The molecule has 1 saturated carbocycles. The van der Waals surface area contributed by atoms with Crippen molar-refractivity contribution in [2.75, 3.05) is 19.0 Å². The topological polar surface area (TPSA) is 82.6 Å². The molecule has 0 spiro atoms. The highest BCUT2D eigenvalue weighted by Gasteiger charge is 2.21. The maximum absolute atomic E-state index is 12.3. The summed E-state index contributed by atoms with van der Waals surface area (Å²) in [5.41, 5.74) is 2.03. The molecule has 30 heavy (non-hydrogen) atoms. The van der Waals surface area contributed by atoms with E-state index < -0.39 is 5.97 Å². The van der Waals surface area contributed by atoms with E-state index in [0.717, 1.165) is 16.4 Å². The number of methoxy groups -OCH3 is 1. The number of nitrogens with zero attached hydrogens (tertiary/aromatic N) is 2. The molecule has 1 aliphatic rings. The van der Waals surface area contributed by atoms with E-state index in [-0.39, 0.29) is 6.61 Å². The molecule has 2 aromatic heterocycles. The van der Waals surface area contributed by atoms with Gasteiger partial charge in [-0.1, -0.05) is 0 Å². The van der Waals surface area contributed by atoms with Crippen LogP contribution in [-0.2, 0) is 11.3 Å². The van der Waals surface area contributed by atoms with Gasteiger partial charge < -0.3 is 19.5 Å². The highest BCUT2D eigenvalue weighted by atomic mass is 32.1. The zero-order valence-electron chi connectivity index (χ0n) is 16.9. The van der Waals surface area contributed by atoms with Crippen molar-refractivity contribution < 1.29 is 19.0 Å². The molecular weight excluding hydrogens is 402 g/mol. The minimum absolute atomic E-state index is 0.103. The molecule has 0 saturated heterocycles. The van der Waals surface area contributed by atoms with E-state index in [2.05, 4.69) is 15.3 Å². The maximum atomic E-state index is 12.3. The molecule has 1 fully saturated rings. The number of nitrogens with one attached hydrogen (secondary N) is 1. The minimum Gasteiger partial charge on any atom is -0.493 e. The van der Waals surface area contributed by atoms with Crippen LogP contribution < -0.4 is 14.8 Å². The molecule has 8 heteroatoms. The second kappa shape index (κ2) is 9.13. The van der Waals surface area contributed by atoms with Gasteiger partial charge >= 0.3 is 5.97 Å². The summed E-state index contributed by atoms with van der Waals surface area (Å²) in [5, 5.41) is 5.99. The van der Waals surface area contributed by atoms with Crippen LogP contribution in [0.4, 0.5) is 5.82 Å². The molecule has 4 rings (SSSR count). The number of esters is 1. The summed E-state index contributed by atoms with van der Waals surface area (Å²) in [4.78, 5) is 21.1. The van der Waals surface area contributed by atoms with Gasteiger partial charge in [0.25, 0.3) is 0 Å². The standard InChI is InChI=1S/C22H23N3O4S/c1-3-28-18-8-4-14(10-19(18)27-2)21-25-17(13-30-21)12-29-22(26)15-5-9-20(23-11-15)24-16-6-7-16/h4-5,8-11,13,16H,3,6-7,12H2,1-2H3,(H,23,24). The first kappa shape index (κ1) is 20.2. The number of anilines is 1. The summed E-state index contributed by atoms with van der Waals surface area (Å²) in [6, 6.07) is 9.74. The molecule has 0 bridgehead atoms. The van der Waals surface area contributed by atoms with Crippen LogP contribution in [0.1, 0.15) is 35.8 Å². The van der Waals surface area contributed by atoms with Crippen LogP contribution in [0.2, 0.25) is 0 Å². The van der Waals surface area contributed by atoms with Crippen LogP contribution in [0.25, 0.3) is 10.6 Å². The van der Waals surface area contributed by atoms with Crippen molar-refractivity contribution in [1.82, 2.24) is 9.97 Å². The van der Waals surface area contributed by atoms with Crippen LogP contribution >= 0.6 is 11.3 Å². The molecule has 1 N–H and O–H groups in total. The number of hydrogen-bond acceptors (Lipinski definition) is 8. The number of carbonyl (C=O) groups is 1. The van der Waals surface area contributed by atoms with Crippen LogP contribution in [0, 0.1) is 0 Å². The summed E-state index contributed by atoms with van der Waals surface area (Å²) in [5.74, 6) is 1.72. The SMILES string of the molecule is CCOc1ccc(-c2nc(COC(=O)c3ccc(NC4CC4)nc3)cs2)cc1OC. The van der Waals surface area contributed by atoms with Crippen molar-refractivity contribution in [2.24, 2.45) is 0 Å². The number of carbonyl (C=O) groups excluding carboxylic acids is 1. The average Bonchev–Trinajstić information content (AvgIpc) is 3.46. The van der Waals surface area contributed by atoms with Crippen molar-refractivity contribution in [2.45, 2.75) is 32.4 Å². The Labute approximate surface area is 179 Å². The van der Waals surface area contributed by atoms with Crippen molar-refractivity contribution >= 4 is 23.1 Å². The van der Waals surface area contributed by atoms with Crippen LogP contribution in [0.5, 0.6) is 11.5 Å². The number of rotatable bonds is 9. The number of benzene rings is 1. The van der Waals surface area contributed by atoms with Gasteiger partial charge in [-0.2, -0.15) is 0 Å². The smallest absolute Gasteiger partial charge is 0.340 e. The molecule has 2 heterocycles. The lowest BCUT2D eigenvalue weighted by atomic mass is 10.2. The Morgan fingerprint density at radius 1 is 1.23 bits per heavy atom. The van der Waals surface area contributed by atoms with E-state index in [9.17, 15) is 4.79 Å². The van der Waals surface area contributed by atoms with Crippen LogP contribution in [0.3, 0.4) is 0 Å². The van der Waals surface area contributed by atoms with Crippen molar-refractivity contribution in [1.29, 1.82) is 0 Å². The summed E-state index contributed by atoms with van der Waals surface area (Å²) in [7, 11) is 1.61. The third-order valence-electron chi connectivity index (χ3n) is 4.54. The third kappa shape index (κ3) is 4.88. The third-order valence-corrected chi connectivity index (χ3v) is 5.48. The van der Waals surface area contributed by atoms with Crippen LogP contribution in [-0.4, -0.2) is 35.7 Å². The highest BCUT2D eigenvalue weighted by Crippen LogP contribution is 2.34. The number of thiazole rings is 1. The number of pyridine rings is 1. The maximum Gasteiger partial charge on any atom is 0.340 e. The van der Waals surface area contributed by atoms with Gasteiger partial charge in [0.15, 0.2) is 11.5 Å². The number of aromatic nitrogens is 2. The Morgan fingerprint density at radius 2 is 2.10 bits per heavy atom. The Hall–Kier alpha value is -3.13. The molecule has 3 aromatic rings. The van der Waals surface area contributed by atoms with E-state index in [0.29, 0.717) is 35.4 Å². The van der Waals surface area contributed by atoms with Gasteiger partial charge in [-0.3, -0.25) is 0 Å². The Balaban J connectivity index is 1.36. The van der Waals surface area contributed by atoms with Gasteiger partial charge in [0.2, 0.25) is 0 Å². The van der Waals surface area contributed by atoms with Gasteiger partial charge in [-0.05, 0) is 50.1 Å². The fourth-order valence-electron chi connectivity index (χ4n) is 2.84. The molecule has 0 aliphatic heterocycles. The molecule has 0 amide bonds. The van der Waals surface area contributed by atoms with E-state index in [1.54, 1.807) is 19.2 Å². The molecule has 1 aromatic carbocycles. The monoisotopic (exact) mass is 425 g/mol. The molecule has 0 radical (unpaired) electrons. The first-order chi connectivity index (χ1) is 14.7. The van der Waals surface area contributed by atoms with E-state index in [1.165, 1.54) is 30.4 Å². The van der Waals surface area contributed by atoms with Gasteiger partial charge in [0.05, 0.1) is 25.0 Å². The van der Waals surface area contributed by atoms with Crippen molar-refractivity contribution in [3.8, 4) is 22.1 Å². The summed E-state index contributed by atoms with van der Waals surface area (Å²) >= 11 is 1.48. The van der Waals surface area contributed by atoms with Gasteiger partial charge in [0.1, 0.15) is 17.4 Å². The normalized spacial score (nSPS) is 13.0. The van der Waals surface area contributed by atoms with Crippen molar-refractivity contribution in [3.63, 3.8) is 0 Å². The number of ether oxygens (including phenoxy) is 3. The number of hydrogen-bond donors (Lipinski definition) is 1. The van der Waals surface area contributed by atoms with Gasteiger partial charge in [0, 0.05) is 23.2 Å². The summed E-state index contributed by atoms with van der Waals surface area (Å²) in [6.07, 6.45) is 3.88. The molecule has 7 nitrogen and oxygen atoms in total. The second-order valence-electron chi connectivity index (χ2n) is 6.87. The lowest BCUT2D eigenvalue weighted by Crippen LogP contribution is -2.07. The average molecular weight is 426 g/mol.